The Balaban J connectivity index is 2.28. The third kappa shape index (κ3) is 2.56. The lowest BCUT2D eigenvalue weighted by atomic mass is 10.1. The highest BCUT2D eigenvalue weighted by Crippen LogP contribution is 2.26. The highest BCUT2D eigenvalue weighted by molar-refractivity contribution is 14.1. The number of rotatable bonds is 2. The van der Waals surface area contributed by atoms with Crippen molar-refractivity contribution < 1.29 is 9.90 Å². The van der Waals surface area contributed by atoms with Crippen molar-refractivity contribution in [2.45, 2.75) is 0 Å². The van der Waals surface area contributed by atoms with Gasteiger partial charge in [-0.1, -0.05) is 18.2 Å². The van der Waals surface area contributed by atoms with Gasteiger partial charge in [0.2, 0.25) is 0 Å². The molecule has 0 aliphatic carbocycles. The second kappa shape index (κ2) is 5.26. The maximum atomic E-state index is 12.0. The first-order chi connectivity index (χ1) is 8.59. The summed E-state index contributed by atoms with van der Waals surface area (Å²) in [5.41, 5.74) is 6.60. The van der Waals surface area contributed by atoms with Crippen LogP contribution < -0.4 is 11.1 Å². The molecule has 0 aliphatic heterocycles. The van der Waals surface area contributed by atoms with E-state index in [4.69, 9.17) is 5.73 Å². The van der Waals surface area contributed by atoms with Crippen LogP contribution in [0.5, 0.6) is 5.75 Å². The SMILES string of the molecule is Nc1cccc(C(=O)Nc2ccccc2I)c1O. The van der Waals surface area contributed by atoms with Crippen molar-refractivity contribution in [3.05, 3.63) is 51.6 Å². The number of phenols is 1. The van der Waals surface area contributed by atoms with E-state index in [9.17, 15) is 9.90 Å². The number of aromatic hydroxyl groups is 1. The van der Waals surface area contributed by atoms with E-state index in [1.54, 1.807) is 18.2 Å². The van der Waals surface area contributed by atoms with Crippen LogP contribution in [0.2, 0.25) is 0 Å². The summed E-state index contributed by atoms with van der Waals surface area (Å²) in [4.78, 5) is 12.0. The number of anilines is 2. The minimum absolute atomic E-state index is 0.162. The summed E-state index contributed by atoms with van der Waals surface area (Å²) in [5, 5.41) is 12.5. The van der Waals surface area contributed by atoms with Crippen LogP contribution in [0.25, 0.3) is 0 Å². The number of nitrogens with one attached hydrogen (secondary N) is 1. The van der Waals surface area contributed by atoms with E-state index in [0.29, 0.717) is 5.69 Å². The van der Waals surface area contributed by atoms with Crippen molar-refractivity contribution in [2.75, 3.05) is 11.1 Å². The minimum Gasteiger partial charge on any atom is -0.505 e. The normalized spacial score (nSPS) is 10.1. The molecule has 0 saturated carbocycles. The summed E-state index contributed by atoms with van der Waals surface area (Å²) >= 11 is 2.13. The fourth-order valence-corrected chi connectivity index (χ4v) is 2.02. The third-order valence-electron chi connectivity index (χ3n) is 2.43. The number of para-hydroxylation sites is 2. The smallest absolute Gasteiger partial charge is 0.259 e. The number of carbonyl (C=O) groups excluding carboxylic acids is 1. The molecular formula is C13H11IN2O2. The van der Waals surface area contributed by atoms with Gasteiger partial charge in [0.25, 0.3) is 5.91 Å². The number of benzene rings is 2. The molecule has 0 unspecified atom stereocenters. The Morgan fingerprint density at radius 2 is 1.89 bits per heavy atom. The zero-order valence-electron chi connectivity index (χ0n) is 9.35. The minimum atomic E-state index is -0.385. The van der Waals surface area contributed by atoms with Gasteiger partial charge in [-0.2, -0.15) is 0 Å². The number of amides is 1. The van der Waals surface area contributed by atoms with Crippen LogP contribution in [-0.2, 0) is 0 Å². The van der Waals surface area contributed by atoms with Crippen molar-refractivity contribution in [1.29, 1.82) is 0 Å². The van der Waals surface area contributed by atoms with E-state index >= 15 is 0 Å². The fourth-order valence-electron chi connectivity index (χ4n) is 1.50. The first-order valence-corrected chi connectivity index (χ1v) is 6.31. The lowest BCUT2D eigenvalue weighted by molar-refractivity contribution is 0.102. The Morgan fingerprint density at radius 1 is 1.17 bits per heavy atom. The quantitative estimate of drug-likeness (QED) is 0.441. The molecule has 0 radical (unpaired) electrons. The predicted octanol–water partition coefficient (Wildman–Crippen LogP) is 2.83. The third-order valence-corrected chi connectivity index (χ3v) is 3.37. The molecule has 0 saturated heterocycles. The second-order valence-corrected chi connectivity index (χ2v) is 4.84. The van der Waals surface area contributed by atoms with Gasteiger partial charge < -0.3 is 16.2 Å². The number of nitrogens with two attached hydrogens (primary N) is 1. The Labute approximate surface area is 118 Å². The molecule has 2 rings (SSSR count). The average Bonchev–Trinajstić information content (AvgIpc) is 2.35. The molecule has 0 atom stereocenters. The van der Waals surface area contributed by atoms with Crippen molar-refractivity contribution in [3.63, 3.8) is 0 Å². The average molecular weight is 354 g/mol. The van der Waals surface area contributed by atoms with E-state index in [2.05, 4.69) is 27.9 Å². The zero-order valence-corrected chi connectivity index (χ0v) is 11.5. The summed E-state index contributed by atoms with van der Waals surface area (Å²) in [5.74, 6) is -0.579. The van der Waals surface area contributed by atoms with Gasteiger partial charge in [0.15, 0.2) is 5.75 Å². The Kier molecular flexibility index (Phi) is 3.71. The Hall–Kier alpha value is -1.76. The van der Waals surface area contributed by atoms with Crippen LogP contribution in [0.4, 0.5) is 11.4 Å². The number of nitrogen functional groups attached to an aromatic ring is 1. The molecular weight excluding hydrogens is 343 g/mol. The highest BCUT2D eigenvalue weighted by atomic mass is 127. The molecule has 0 heterocycles. The maximum absolute atomic E-state index is 12.0. The summed E-state index contributed by atoms with van der Waals surface area (Å²) in [6.07, 6.45) is 0. The van der Waals surface area contributed by atoms with Gasteiger partial charge >= 0.3 is 0 Å². The number of phenolic OH excluding ortho intramolecular Hbond substituents is 1. The van der Waals surface area contributed by atoms with Crippen LogP contribution in [0, 0.1) is 3.57 Å². The maximum Gasteiger partial charge on any atom is 0.259 e. The molecule has 2 aromatic rings. The lowest BCUT2D eigenvalue weighted by Crippen LogP contribution is -2.13. The predicted molar refractivity (Wildman–Crippen MR) is 79.6 cm³/mol. The van der Waals surface area contributed by atoms with Gasteiger partial charge in [-0.25, -0.2) is 0 Å². The fraction of sp³-hybridized carbons (Fsp3) is 0. The first kappa shape index (κ1) is 12.7. The second-order valence-electron chi connectivity index (χ2n) is 3.68. The molecule has 0 spiro atoms. The topological polar surface area (TPSA) is 75.4 Å². The van der Waals surface area contributed by atoms with Crippen LogP contribution in [0.3, 0.4) is 0 Å². The molecule has 18 heavy (non-hydrogen) atoms. The molecule has 0 bridgehead atoms. The molecule has 0 aromatic heterocycles. The monoisotopic (exact) mass is 354 g/mol. The van der Waals surface area contributed by atoms with Gasteiger partial charge in [0.05, 0.1) is 16.9 Å². The van der Waals surface area contributed by atoms with Crippen LogP contribution in [-0.4, -0.2) is 11.0 Å². The lowest BCUT2D eigenvalue weighted by Gasteiger charge is -2.09. The van der Waals surface area contributed by atoms with Crippen LogP contribution in [0.15, 0.2) is 42.5 Å². The van der Waals surface area contributed by atoms with Crippen molar-refractivity contribution in [3.8, 4) is 5.75 Å². The van der Waals surface area contributed by atoms with Crippen LogP contribution >= 0.6 is 22.6 Å². The molecule has 4 nitrogen and oxygen atoms in total. The molecule has 0 fully saturated rings. The summed E-state index contributed by atoms with van der Waals surface area (Å²) in [7, 11) is 0. The van der Waals surface area contributed by atoms with Crippen molar-refractivity contribution >= 4 is 39.9 Å². The van der Waals surface area contributed by atoms with E-state index in [-0.39, 0.29) is 22.9 Å². The van der Waals surface area contributed by atoms with E-state index in [1.807, 2.05) is 18.2 Å². The highest BCUT2D eigenvalue weighted by Gasteiger charge is 2.13. The first-order valence-electron chi connectivity index (χ1n) is 5.23. The molecule has 0 aliphatic rings. The number of carbonyl (C=O) groups is 1. The van der Waals surface area contributed by atoms with E-state index < -0.39 is 0 Å². The van der Waals surface area contributed by atoms with Crippen LogP contribution in [0.1, 0.15) is 10.4 Å². The Morgan fingerprint density at radius 3 is 2.61 bits per heavy atom. The van der Waals surface area contributed by atoms with Gasteiger partial charge in [0, 0.05) is 3.57 Å². The Bertz CT molecular complexity index is 599. The summed E-state index contributed by atoms with van der Waals surface area (Å²) in [6, 6.07) is 12.1. The summed E-state index contributed by atoms with van der Waals surface area (Å²) in [6.45, 7) is 0. The molecule has 92 valence electrons. The largest absolute Gasteiger partial charge is 0.505 e. The molecule has 1 amide bonds. The molecule has 4 N–H and O–H groups in total. The van der Waals surface area contributed by atoms with Gasteiger partial charge in [-0.05, 0) is 46.9 Å². The number of hydrogen-bond donors (Lipinski definition) is 3. The van der Waals surface area contributed by atoms with E-state index in [1.165, 1.54) is 6.07 Å². The molecule has 2 aromatic carbocycles. The van der Waals surface area contributed by atoms with Crippen molar-refractivity contribution in [2.24, 2.45) is 0 Å². The zero-order chi connectivity index (χ0) is 13.1. The van der Waals surface area contributed by atoms with Gasteiger partial charge in [-0.15, -0.1) is 0 Å². The number of hydrogen-bond acceptors (Lipinski definition) is 3. The number of halogens is 1. The summed E-state index contributed by atoms with van der Waals surface area (Å²) < 4.78 is 0.923. The standard InChI is InChI=1S/C13H11IN2O2/c14-9-5-1-2-7-11(9)16-13(18)8-4-3-6-10(15)12(8)17/h1-7,17H,15H2,(H,16,18). The van der Waals surface area contributed by atoms with E-state index in [0.717, 1.165) is 3.57 Å². The molecule has 5 heteroatoms. The van der Waals surface area contributed by atoms with Crippen molar-refractivity contribution in [1.82, 2.24) is 0 Å². The van der Waals surface area contributed by atoms with Gasteiger partial charge in [0.1, 0.15) is 0 Å². The van der Waals surface area contributed by atoms with Gasteiger partial charge in [-0.3, -0.25) is 4.79 Å².